The van der Waals surface area contributed by atoms with E-state index in [-0.39, 0.29) is 23.6 Å². The Kier molecular flexibility index (Phi) is 9.91. The molecule has 278 valence electrons. The van der Waals surface area contributed by atoms with Gasteiger partial charge < -0.3 is 24.2 Å². The third-order valence-corrected chi connectivity index (χ3v) is 11.4. The van der Waals surface area contributed by atoms with Gasteiger partial charge in [0.1, 0.15) is 11.6 Å². The molecule has 2 amide bonds. The molecule has 3 aliphatic rings. The number of aromatic hydroxyl groups is 1. The molecule has 0 unspecified atom stereocenters. The predicted molar refractivity (Wildman–Crippen MR) is 212 cm³/mol. The highest BCUT2D eigenvalue weighted by atomic mass is 35.5. The molecule has 8 rings (SSSR count). The monoisotopic (exact) mass is 744 g/mol. The number of fused-ring (bicyclic) bond motifs is 2. The Balaban J connectivity index is 1.19. The van der Waals surface area contributed by atoms with E-state index in [1.54, 1.807) is 41.4 Å². The van der Waals surface area contributed by atoms with Crippen molar-refractivity contribution in [2.75, 3.05) is 56.2 Å². The van der Waals surface area contributed by atoms with Crippen molar-refractivity contribution in [1.29, 1.82) is 0 Å². The zero-order valence-electron chi connectivity index (χ0n) is 31.0. The number of hydrogen-bond donors (Lipinski definition) is 1. The van der Waals surface area contributed by atoms with E-state index in [1.165, 1.54) is 5.56 Å². The molecule has 0 radical (unpaired) electrons. The van der Waals surface area contributed by atoms with Crippen molar-refractivity contribution in [2.24, 2.45) is 0 Å². The van der Waals surface area contributed by atoms with Crippen LogP contribution in [0.2, 0.25) is 5.02 Å². The minimum Gasteiger partial charge on any atom is -0.508 e. The smallest absolute Gasteiger partial charge is 0.264 e. The van der Waals surface area contributed by atoms with Crippen LogP contribution in [0.5, 0.6) is 5.75 Å². The standard InChI is InChI=1S/C43H45ClN6O4/c1-4-48-28(2)38(43(53)50(33-10-12-36(51)13-11-33)34-22-30-15-16-46(3)41(30)45-25-34)24-40(48)39-23-32(44)9-14-37(39)42(52)49-26-31-8-6-5-7-29(31)21-35(49)27-47-17-19-54-20-18-47/h5-14,22-25,35,51H,4,15-21,26-27H2,1-3H3/t35-/m0/s1. The van der Waals surface area contributed by atoms with Crippen LogP contribution in [-0.2, 0) is 30.7 Å². The van der Waals surface area contributed by atoms with Crippen molar-refractivity contribution in [2.45, 2.75) is 45.8 Å². The summed E-state index contributed by atoms with van der Waals surface area (Å²) in [7, 11) is 2.02. The first-order valence-corrected chi connectivity index (χ1v) is 19.1. The maximum Gasteiger partial charge on any atom is 0.264 e. The first-order chi connectivity index (χ1) is 26.2. The molecular formula is C43H45ClN6O4. The Hall–Kier alpha value is -5.16. The SMILES string of the molecule is CCn1c(-c2cc(Cl)ccc2C(=O)N2Cc3ccccc3C[C@H]2CN2CCOCC2)cc(C(=O)N(c2ccc(O)cc2)c2cnc3c(c2)CCN3C)c1C. The number of anilines is 3. The largest absolute Gasteiger partial charge is 0.508 e. The highest BCUT2D eigenvalue weighted by molar-refractivity contribution is 6.31. The predicted octanol–water partition coefficient (Wildman–Crippen LogP) is 7.11. The number of benzene rings is 3. The van der Waals surface area contributed by atoms with Crippen LogP contribution in [-0.4, -0.2) is 88.8 Å². The number of pyridine rings is 1. The zero-order valence-corrected chi connectivity index (χ0v) is 31.7. The molecule has 3 aromatic carbocycles. The van der Waals surface area contributed by atoms with Crippen molar-refractivity contribution in [1.82, 2.24) is 19.4 Å². The molecule has 1 N–H and O–H groups in total. The summed E-state index contributed by atoms with van der Waals surface area (Å²) >= 11 is 6.71. The Morgan fingerprint density at radius 1 is 0.926 bits per heavy atom. The van der Waals surface area contributed by atoms with Crippen LogP contribution in [0.3, 0.4) is 0 Å². The molecule has 1 saturated heterocycles. The molecule has 1 fully saturated rings. The molecule has 10 nitrogen and oxygen atoms in total. The van der Waals surface area contributed by atoms with Gasteiger partial charge in [-0.25, -0.2) is 4.98 Å². The number of amides is 2. The summed E-state index contributed by atoms with van der Waals surface area (Å²) in [5, 5.41) is 10.6. The minimum atomic E-state index is -0.243. The molecule has 0 bridgehead atoms. The summed E-state index contributed by atoms with van der Waals surface area (Å²) in [5.41, 5.74) is 7.97. The summed E-state index contributed by atoms with van der Waals surface area (Å²) in [5.74, 6) is 0.713. The molecule has 54 heavy (non-hydrogen) atoms. The molecule has 2 aromatic heterocycles. The second kappa shape index (κ2) is 14.9. The average Bonchev–Trinajstić information content (AvgIpc) is 3.73. The lowest BCUT2D eigenvalue weighted by atomic mass is 9.92. The van der Waals surface area contributed by atoms with Crippen LogP contribution in [0.25, 0.3) is 11.3 Å². The number of hydrogen-bond acceptors (Lipinski definition) is 7. The van der Waals surface area contributed by atoms with E-state index in [2.05, 4.69) is 32.6 Å². The van der Waals surface area contributed by atoms with E-state index in [0.29, 0.717) is 59.4 Å². The van der Waals surface area contributed by atoms with E-state index in [4.69, 9.17) is 21.3 Å². The van der Waals surface area contributed by atoms with Crippen molar-refractivity contribution in [3.05, 3.63) is 124 Å². The summed E-state index contributed by atoms with van der Waals surface area (Å²) in [6, 6.07) is 24.4. The van der Waals surface area contributed by atoms with E-state index >= 15 is 0 Å². The van der Waals surface area contributed by atoms with Crippen LogP contribution < -0.4 is 9.80 Å². The Morgan fingerprint density at radius 3 is 2.44 bits per heavy atom. The number of aromatic nitrogens is 2. The number of morpholine rings is 1. The van der Waals surface area contributed by atoms with Gasteiger partial charge in [-0.05, 0) is 98.0 Å². The first kappa shape index (κ1) is 35.8. The molecule has 0 spiro atoms. The quantitative estimate of drug-likeness (QED) is 0.181. The van der Waals surface area contributed by atoms with Gasteiger partial charge in [-0.3, -0.25) is 19.4 Å². The van der Waals surface area contributed by atoms with Crippen LogP contribution in [0.4, 0.5) is 17.2 Å². The summed E-state index contributed by atoms with van der Waals surface area (Å²) in [6.07, 6.45) is 3.34. The number of halogens is 1. The lowest BCUT2D eigenvalue weighted by Gasteiger charge is -2.40. The average molecular weight is 745 g/mol. The fourth-order valence-corrected chi connectivity index (χ4v) is 8.44. The number of carbonyl (C=O) groups is 2. The van der Waals surface area contributed by atoms with Gasteiger partial charge in [0.15, 0.2) is 0 Å². The topological polar surface area (TPSA) is 94.4 Å². The van der Waals surface area contributed by atoms with E-state index in [9.17, 15) is 14.7 Å². The fraction of sp³-hybridized carbons (Fsp3) is 0.326. The fourth-order valence-electron chi connectivity index (χ4n) is 8.27. The first-order valence-electron chi connectivity index (χ1n) is 18.7. The van der Waals surface area contributed by atoms with E-state index < -0.39 is 0 Å². The van der Waals surface area contributed by atoms with Crippen molar-refractivity contribution in [3.8, 4) is 17.0 Å². The lowest BCUT2D eigenvalue weighted by Crippen LogP contribution is -2.52. The molecule has 5 aromatic rings. The van der Waals surface area contributed by atoms with E-state index in [0.717, 1.165) is 67.4 Å². The third kappa shape index (κ3) is 6.74. The number of likely N-dealkylation sites (N-methyl/N-ethyl adjacent to an activating group) is 1. The summed E-state index contributed by atoms with van der Waals surface area (Å²) in [6.45, 7) is 9.74. The molecule has 5 heterocycles. The van der Waals surface area contributed by atoms with Crippen molar-refractivity contribution >= 4 is 40.6 Å². The number of phenols is 1. The van der Waals surface area contributed by atoms with Gasteiger partial charge in [0, 0.05) is 85.6 Å². The van der Waals surface area contributed by atoms with Gasteiger partial charge in [-0.2, -0.15) is 0 Å². The summed E-state index contributed by atoms with van der Waals surface area (Å²) < 4.78 is 7.71. The summed E-state index contributed by atoms with van der Waals surface area (Å²) in [4.78, 5) is 42.8. The maximum absolute atomic E-state index is 14.9. The van der Waals surface area contributed by atoms with Gasteiger partial charge in [-0.1, -0.05) is 35.9 Å². The molecule has 11 heteroatoms. The molecule has 3 aliphatic heterocycles. The second-order valence-electron chi connectivity index (χ2n) is 14.4. The minimum absolute atomic E-state index is 0.0227. The number of nitrogens with zero attached hydrogens (tertiary/aromatic N) is 6. The van der Waals surface area contributed by atoms with Gasteiger partial charge in [0.25, 0.3) is 11.8 Å². The van der Waals surface area contributed by atoms with Gasteiger partial charge in [0.05, 0.1) is 30.7 Å². The van der Waals surface area contributed by atoms with E-state index in [1.807, 2.05) is 56.1 Å². The Labute approximate surface area is 321 Å². The van der Waals surface area contributed by atoms with Crippen LogP contribution in [0, 0.1) is 6.92 Å². The highest BCUT2D eigenvalue weighted by Gasteiger charge is 2.34. The van der Waals surface area contributed by atoms with Crippen LogP contribution >= 0.6 is 11.6 Å². The maximum atomic E-state index is 14.9. The Morgan fingerprint density at radius 2 is 1.69 bits per heavy atom. The number of carbonyl (C=O) groups excluding carboxylic acids is 2. The lowest BCUT2D eigenvalue weighted by molar-refractivity contribution is 0.0193. The molecule has 0 aliphatic carbocycles. The molecule has 1 atom stereocenters. The highest BCUT2D eigenvalue weighted by Crippen LogP contribution is 2.38. The van der Waals surface area contributed by atoms with Crippen molar-refractivity contribution in [3.63, 3.8) is 0 Å². The second-order valence-corrected chi connectivity index (χ2v) is 14.9. The zero-order chi connectivity index (χ0) is 37.5. The number of rotatable bonds is 8. The Bertz CT molecular complexity index is 2210. The van der Waals surface area contributed by atoms with Crippen LogP contribution in [0.15, 0.2) is 85.1 Å². The molecular weight excluding hydrogens is 700 g/mol. The van der Waals surface area contributed by atoms with Crippen LogP contribution in [0.1, 0.15) is 50.0 Å². The molecule has 0 saturated carbocycles. The normalized spacial score (nSPS) is 17.0. The van der Waals surface area contributed by atoms with Gasteiger partial charge in [-0.15, -0.1) is 0 Å². The van der Waals surface area contributed by atoms with Gasteiger partial charge in [0.2, 0.25) is 0 Å². The number of ether oxygens (including phenoxy) is 1. The van der Waals surface area contributed by atoms with Gasteiger partial charge >= 0.3 is 0 Å². The number of phenolic OH excluding ortho intramolecular Hbond substituents is 1. The third-order valence-electron chi connectivity index (χ3n) is 11.2. The van der Waals surface area contributed by atoms with Crippen molar-refractivity contribution < 1.29 is 19.4 Å².